The van der Waals surface area contributed by atoms with Crippen LogP contribution in [0.25, 0.3) is 0 Å². The number of hydrogen-bond donors (Lipinski definition) is 12. The van der Waals surface area contributed by atoms with E-state index in [0.717, 1.165) is 5.56 Å². The van der Waals surface area contributed by atoms with Gasteiger partial charge in [0.1, 0.15) is 54.1 Å². The maximum Gasteiger partial charge on any atom is 0.326 e. The minimum absolute atomic E-state index is 0.0265. The van der Waals surface area contributed by atoms with Crippen LogP contribution in [0.1, 0.15) is 118 Å². The fraction of sp³-hybridized carbons (Fsp3) is 0.618. The number of aliphatic hydroxyl groups is 1. The van der Waals surface area contributed by atoms with Gasteiger partial charge in [-0.25, -0.2) is 4.79 Å². The number of benzene rings is 2. The first-order valence-electron chi connectivity index (χ1n) is 27.0. The smallest absolute Gasteiger partial charge is 0.326 e. The van der Waals surface area contributed by atoms with Gasteiger partial charge in [-0.1, -0.05) is 111 Å². The summed E-state index contributed by atoms with van der Waals surface area (Å²) < 4.78 is 0. The molecule has 22 heteroatoms. The van der Waals surface area contributed by atoms with E-state index in [-0.39, 0.29) is 56.4 Å². The molecule has 428 valence electrons. The fourth-order valence-corrected chi connectivity index (χ4v) is 8.92. The number of likely N-dealkylation sites (tertiary alicyclic amines) is 1. The fourth-order valence-electron chi connectivity index (χ4n) is 8.92. The summed E-state index contributed by atoms with van der Waals surface area (Å²) in [6.45, 7) is 13.7. The van der Waals surface area contributed by atoms with Gasteiger partial charge in [0.25, 0.3) is 0 Å². The van der Waals surface area contributed by atoms with E-state index >= 15 is 0 Å². The van der Waals surface area contributed by atoms with Crippen molar-refractivity contribution in [1.29, 1.82) is 0 Å². The molecular weight excluding hydrogens is 993 g/mol. The van der Waals surface area contributed by atoms with Crippen LogP contribution in [0, 0.1) is 23.7 Å². The van der Waals surface area contributed by atoms with Crippen molar-refractivity contribution in [1.82, 2.24) is 42.1 Å². The van der Waals surface area contributed by atoms with Gasteiger partial charge in [0.15, 0.2) is 0 Å². The summed E-state index contributed by atoms with van der Waals surface area (Å²) in [4.78, 5) is 125. The molecule has 2 aromatic carbocycles. The van der Waals surface area contributed by atoms with E-state index < -0.39 is 126 Å². The van der Waals surface area contributed by atoms with Crippen LogP contribution in [0.2, 0.25) is 0 Å². The SMILES string of the molecule is CC[C@H](C)[C@H](NC(=O)[C@@H]1CCCN1C(=O)[C@@H](NC(=O)[C@@H](NC(=O)[C@H](CCCCN)NC(=O)[C@H](CC(C)C)NC(=O)[C@H](CO)NC(=O)[C@H](Cc1ccc(O)cc1)NC(=O)[C@@H](N)Cc1ccccc1)[C@@H](C)CC)C(C)C)C(=O)O. The number of carbonyl (C=O) groups excluding carboxylic acids is 8. The van der Waals surface area contributed by atoms with Gasteiger partial charge in [-0.05, 0) is 98.4 Å². The Labute approximate surface area is 452 Å². The lowest BCUT2D eigenvalue weighted by molar-refractivity contribution is -0.146. The summed E-state index contributed by atoms with van der Waals surface area (Å²) in [6, 6.07) is 3.96. The molecule has 77 heavy (non-hydrogen) atoms. The van der Waals surface area contributed by atoms with Gasteiger partial charge in [-0.3, -0.25) is 38.4 Å². The maximum absolute atomic E-state index is 14.3. The molecule has 0 radical (unpaired) electrons. The minimum Gasteiger partial charge on any atom is -0.508 e. The first-order valence-corrected chi connectivity index (χ1v) is 27.0. The molecule has 22 nitrogen and oxygen atoms in total. The number of amides is 8. The molecule has 0 aromatic heterocycles. The number of carboxylic acids is 1. The number of aliphatic hydroxyl groups excluding tert-OH is 1. The molecule has 2 aromatic rings. The van der Waals surface area contributed by atoms with Gasteiger partial charge in [0.05, 0.1) is 12.6 Å². The van der Waals surface area contributed by atoms with Crippen molar-refractivity contribution < 1.29 is 58.5 Å². The lowest BCUT2D eigenvalue weighted by atomic mass is 9.95. The summed E-state index contributed by atoms with van der Waals surface area (Å²) >= 11 is 0. The van der Waals surface area contributed by atoms with Crippen molar-refractivity contribution in [2.45, 2.75) is 174 Å². The highest BCUT2D eigenvalue weighted by Gasteiger charge is 2.42. The van der Waals surface area contributed by atoms with Crippen LogP contribution < -0.4 is 48.7 Å². The molecule has 0 spiro atoms. The van der Waals surface area contributed by atoms with Gasteiger partial charge in [-0.2, -0.15) is 0 Å². The third-order valence-corrected chi connectivity index (χ3v) is 14.0. The summed E-state index contributed by atoms with van der Waals surface area (Å²) in [5, 5.41) is 48.8. The number of nitrogens with zero attached hydrogens (tertiary/aromatic N) is 1. The van der Waals surface area contributed by atoms with Gasteiger partial charge >= 0.3 is 5.97 Å². The minimum atomic E-state index is -1.62. The summed E-state index contributed by atoms with van der Waals surface area (Å²) in [7, 11) is 0. The zero-order valence-electron chi connectivity index (χ0n) is 46.0. The summed E-state index contributed by atoms with van der Waals surface area (Å²) in [5.41, 5.74) is 13.4. The van der Waals surface area contributed by atoms with Crippen molar-refractivity contribution in [3.8, 4) is 5.75 Å². The van der Waals surface area contributed by atoms with E-state index in [4.69, 9.17) is 11.5 Å². The lowest BCUT2D eigenvalue weighted by Crippen LogP contribution is -2.62. The van der Waals surface area contributed by atoms with Crippen molar-refractivity contribution in [2.24, 2.45) is 35.1 Å². The Balaban J connectivity index is 1.82. The summed E-state index contributed by atoms with van der Waals surface area (Å²) in [6.07, 6.45) is 2.75. The average molecular weight is 1080 g/mol. The number of nitrogens with two attached hydrogens (primary N) is 2. The molecule has 0 saturated carbocycles. The molecule has 0 unspecified atom stereocenters. The van der Waals surface area contributed by atoms with Crippen LogP contribution in [-0.4, -0.2) is 148 Å². The number of aromatic hydroxyl groups is 1. The number of nitrogens with one attached hydrogen (secondary N) is 7. The number of rotatable bonds is 32. The molecule has 11 atom stereocenters. The zero-order valence-corrected chi connectivity index (χ0v) is 46.0. The predicted octanol–water partition coefficient (Wildman–Crippen LogP) is 0.889. The molecule has 1 heterocycles. The van der Waals surface area contributed by atoms with Crippen LogP contribution in [0.3, 0.4) is 0 Å². The molecule has 1 fully saturated rings. The van der Waals surface area contributed by atoms with E-state index in [0.29, 0.717) is 44.1 Å². The third-order valence-electron chi connectivity index (χ3n) is 14.0. The zero-order chi connectivity index (χ0) is 57.5. The number of phenols is 1. The number of hydrogen-bond acceptors (Lipinski definition) is 13. The second-order valence-electron chi connectivity index (χ2n) is 21.0. The molecule has 1 saturated heterocycles. The molecule has 0 bridgehead atoms. The first-order chi connectivity index (χ1) is 36.5. The monoisotopic (exact) mass is 1080 g/mol. The maximum atomic E-state index is 14.3. The normalized spacial score (nSPS) is 17.3. The number of aliphatic carboxylic acids is 1. The van der Waals surface area contributed by atoms with E-state index in [1.165, 1.54) is 17.0 Å². The van der Waals surface area contributed by atoms with Crippen molar-refractivity contribution in [3.05, 3.63) is 65.7 Å². The third kappa shape index (κ3) is 20.3. The topological polar surface area (TPSA) is 354 Å². The summed E-state index contributed by atoms with van der Waals surface area (Å²) in [5.74, 6) is -8.53. The van der Waals surface area contributed by atoms with E-state index in [2.05, 4.69) is 37.2 Å². The van der Waals surface area contributed by atoms with Crippen LogP contribution in [0.4, 0.5) is 0 Å². The molecular formula is C55H86N10O12. The molecule has 14 N–H and O–H groups in total. The Hall–Kier alpha value is -6.65. The molecule has 8 amide bonds. The molecule has 1 aliphatic heterocycles. The van der Waals surface area contributed by atoms with Crippen molar-refractivity contribution in [2.75, 3.05) is 19.7 Å². The van der Waals surface area contributed by atoms with Crippen LogP contribution in [0.15, 0.2) is 54.6 Å². The Morgan fingerprint density at radius 2 is 1.16 bits per heavy atom. The molecule has 3 rings (SSSR count). The first kappa shape index (κ1) is 64.6. The van der Waals surface area contributed by atoms with Crippen molar-refractivity contribution in [3.63, 3.8) is 0 Å². The highest BCUT2D eigenvalue weighted by Crippen LogP contribution is 2.23. The second-order valence-corrected chi connectivity index (χ2v) is 21.0. The van der Waals surface area contributed by atoms with Crippen molar-refractivity contribution >= 4 is 53.2 Å². The Bertz CT molecular complexity index is 2270. The van der Waals surface area contributed by atoms with Crippen LogP contribution >= 0.6 is 0 Å². The Morgan fingerprint density at radius 1 is 0.623 bits per heavy atom. The van der Waals surface area contributed by atoms with Gasteiger partial charge < -0.3 is 68.9 Å². The van der Waals surface area contributed by atoms with Crippen LogP contribution in [-0.2, 0) is 56.0 Å². The van der Waals surface area contributed by atoms with Crippen LogP contribution in [0.5, 0.6) is 5.75 Å². The quantitative estimate of drug-likeness (QED) is 0.0453. The largest absolute Gasteiger partial charge is 0.508 e. The van der Waals surface area contributed by atoms with Gasteiger partial charge in [0.2, 0.25) is 47.3 Å². The van der Waals surface area contributed by atoms with E-state index in [1.54, 1.807) is 77.9 Å². The predicted molar refractivity (Wildman–Crippen MR) is 289 cm³/mol. The standard InChI is InChI=1S/C55H86N10O12/c1-9-33(7)45(53(74)62-44(32(5)6)54(75)65-26-16-20-43(65)52(73)64-46(55(76)77)34(8)10-2)63-48(69)39(19-14-15-25-56)58-49(70)40(27-31(3)4)60-51(72)42(30-66)61-50(71)41(29-36-21-23-37(67)24-22-36)59-47(68)38(57)28-35-17-12-11-13-18-35/h11-13,17-18,21-24,31-34,38-46,66-67H,9-10,14-16,19-20,25-30,56-57H2,1-8H3,(H,58,70)(H,59,68)(H,60,72)(H,61,71)(H,62,74)(H,63,69)(H,64,73)(H,76,77)/t33-,34-,38-,39-,40-,41-,42-,43-,44-,45-,46-/m0/s1. The second kappa shape index (κ2) is 32.2. The highest BCUT2D eigenvalue weighted by atomic mass is 16.4. The lowest BCUT2D eigenvalue weighted by Gasteiger charge is -2.33. The number of carboxylic acid groups (broad SMARTS) is 1. The molecule has 1 aliphatic rings. The number of carbonyl (C=O) groups is 9. The van der Waals surface area contributed by atoms with Gasteiger partial charge in [0, 0.05) is 13.0 Å². The Morgan fingerprint density at radius 3 is 1.73 bits per heavy atom. The van der Waals surface area contributed by atoms with Gasteiger partial charge in [-0.15, -0.1) is 0 Å². The van der Waals surface area contributed by atoms with E-state index in [9.17, 15) is 58.5 Å². The molecule has 0 aliphatic carbocycles. The van der Waals surface area contributed by atoms with E-state index in [1.807, 2.05) is 19.9 Å². The Kier molecular flexibility index (Phi) is 27.0. The number of phenolic OH excluding ortho intramolecular Hbond substituents is 1. The highest BCUT2D eigenvalue weighted by molar-refractivity contribution is 5.98. The average Bonchev–Trinajstić information content (AvgIpc) is 3.90. The number of unbranched alkanes of at least 4 members (excludes halogenated alkanes) is 1.